The van der Waals surface area contributed by atoms with E-state index in [-0.39, 0.29) is 5.91 Å². The average Bonchev–Trinajstić information content (AvgIpc) is 2.98. The smallest absolute Gasteiger partial charge is 0.241 e. The Labute approximate surface area is 113 Å². The zero-order valence-corrected chi connectivity index (χ0v) is 11.4. The lowest BCUT2D eigenvalue weighted by atomic mass is 10.2. The Morgan fingerprint density at radius 1 is 1.16 bits per heavy atom. The molecule has 2 rings (SSSR count). The lowest BCUT2D eigenvalue weighted by Gasteiger charge is -2.16. The molecule has 19 heavy (non-hydrogen) atoms. The number of anilines is 1. The molecule has 1 aliphatic rings. The number of ether oxygens (including phenoxy) is 2. The second kappa shape index (κ2) is 6.31. The number of hydrogen-bond acceptors (Lipinski definition) is 4. The summed E-state index contributed by atoms with van der Waals surface area (Å²) in [5.74, 6) is 1.55. The number of hydrogen-bond donors (Lipinski definition) is 1. The van der Waals surface area contributed by atoms with E-state index in [1.807, 2.05) is 17.0 Å². The maximum Gasteiger partial charge on any atom is 0.241 e. The molecule has 0 aromatic heterocycles. The van der Waals surface area contributed by atoms with Gasteiger partial charge in [0, 0.05) is 37.0 Å². The van der Waals surface area contributed by atoms with E-state index in [9.17, 15) is 4.79 Å². The van der Waals surface area contributed by atoms with Gasteiger partial charge in [-0.2, -0.15) is 0 Å². The molecule has 1 N–H and O–H groups in total. The van der Waals surface area contributed by atoms with Gasteiger partial charge in [0.05, 0.1) is 20.8 Å². The fourth-order valence-corrected chi connectivity index (χ4v) is 2.17. The molecule has 0 aliphatic carbocycles. The van der Waals surface area contributed by atoms with Crippen LogP contribution < -0.4 is 14.8 Å². The van der Waals surface area contributed by atoms with Crippen molar-refractivity contribution in [3.8, 4) is 11.5 Å². The Kier molecular flexibility index (Phi) is 4.49. The van der Waals surface area contributed by atoms with Crippen LogP contribution >= 0.6 is 0 Å². The van der Waals surface area contributed by atoms with Crippen LogP contribution in [0, 0.1) is 0 Å². The van der Waals surface area contributed by atoms with Crippen LogP contribution in [0.4, 0.5) is 5.69 Å². The molecule has 1 aliphatic heterocycles. The van der Waals surface area contributed by atoms with E-state index < -0.39 is 0 Å². The Morgan fingerprint density at radius 2 is 1.74 bits per heavy atom. The topological polar surface area (TPSA) is 50.8 Å². The van der Waals surface area contributed by atoms with E-state index >= 15 is 0 Å². The highest BCUT2D eigenvalue weighted by Crippen LogP contribution is 2.25. The van der Waals surface area contributed by atoms with Gasteiger partial charge in [0.2, 0.25) is 5.91 Å². The minimum Gasteiger partial charge on any atom is -0.497 e. The summed E-state index contributed by atoms with van der Waals surface area (Å²) in [5, 5.41) is 3.12. The molecule has 1 amide bonds. The van der Waals surface area contributed by atoms with Crippen LogP contribution in [0.2, 0.25) is 0 Å². The molecule has 1 aromatic carbocycles. The first-order valence-corrected chi connectivity index (χ1v) is 6.47. The van der Waals surface area contributed by atoms with Gasteiger partial charge in [0.1, 0.15) is 11.5 Å². The summed E-state index contributed by atoms with van der Waals surface area (Å²) in [6.45, 7) is 2.06. The van der Waals surface area contributed by atoms with Gasteiger partial charge >= 0.3 is 0 Å². The lowest BCUT2D eigenvalue weighted by molar-refractivity contribution is -0.128. The average molecular weight is 264 g/mol. The van der Waals surface area contributed by atoms with Crippen LogP contribution in [0.15, 0.2) is 18.2 Å². The molecule has 1 aromatic rings. The monoisotopic (exact) mass is 264 g/mol. The Bertz CT molecular complexity index is 420. The summed E-state index contributed by atoms with van der Waals surface area (Å²) >= 11 is 0. The van der Waals surface area contributed by atoms with E-state index in [1.165, 1.54) is 0 Å². The van der Waals surface area contributed by atoms with Crippen molar-refractivity contribution < 1.29 is 14.3 Å². The first kappa shape index (κ1) is 13.5. The predicted molar refractivity (Wildman–Crippen MR) is 73.8 cm³/mol. The molecule has 104 valence electrons. The molecule has 0 unspecified atom stereocenters. The van der Waals surface area contributed by atoms with E-state index in [0.29, 0.717) is 18.0 Å². The van der Waals surface area contributed by atoms with E-state index in [4.69, 9.17) is 9.47 Å². The summed E-state index contributed by atoms with van der Waals surface area (Å²) in [7, 11) is 3.21. The second-order valence-corrected chi connectivity index (χ2v) is 4.54. The second-order valence-electron chi connectivity index (χ2n) is 4.54. The molecular weight excluding hydrogens is 244 g/mol. The van der Waals surface area contributed by atoms with Gasteiger partial charge in [-0.25, -0.2) is 0 Å². The first-order chi connectivity index (χ1) is 9.22. The lowest BCUT2D eigenvalue weighted by Crippen LogP contribution is -2.32. The van der Waals surface area contributed by atoms with Gasteiger partial charge in [-0.05, 0) is 12.8 Å². The van der Waals surface area contributed by atoms with Crippen LogP contribution in [0.1, 0.15) is 12.8 Å². The van der Waals surface area contributed by atoms with Crippen molar-refractivity contribution >= 4 is 11.6 Å². The number of nitrogens with zero attached hydrogens (tertiary/aromatic N) is 1. The summed E-state index contributed by atoms with van der Waals surface area (Å²) < 4.78 is 10.4. The zero-order chi connectivity index (χ0) is 13.7. The maximum absolute atomic E-state index is 11.9. The number of carbonyl (C=O) groups is 1. The van der Waals surface area contributed by atoms with E-state index in [1.54, 1.807) is 20.3 Å². The summed E-state index contributed by atoms with van der Waals surface area (Å²) in [5.41, 5.74) is 0.823. The number of amides is 1. The van der Waals surface area contributed by atoms with Crippen molar-refractivity contribution in [1.29, 1.82) is 0 Å². The van der Waals surface area contributed by atoms with Gasteiger partial charge in [-0.3, -0.25) is 4.79 Å². The van der Waals surface area contributed by atoms with Crippen molar-refractivity contribution in [2.45, 2.75) is 12.8 Å². The Morgan fingerprint density at radius 3 is 2.26 bits per heavy atom. The van der Waals surface area contributed by atoms with Gasteiger partial charge in [-0.15, -0.1) is 0 Å². The number of benzene rings is 1. The van der Waals surface area contributed by atoms with Crippen LogP contribution in [0.5, 0.6) is 11.5 Å². The van der Waals surface area contributed by atoms with Crippen LogP contribution in [0.25, 0.3) is 0 Å². The van der Waals surface area contributed by atoms with Gasteiger partial charge < -0.3 is 19.7 Å². The number of carbonyl (C=O) groups excluding carboxylic acids is 1. The summed E-state index contributed by atoms with van der Waals surface area (Å²) in [4.78, 5) is 13.8. The fraction of sp³-hybridized carbons (Fsp3) is 0.500. The van der Waals surface area contributed by atoms with Gasteiger partial charge in [0.25, 0.3) is 0 Å². The van der Waals surface area contributed by atoms with Crippen molar-refractivity contribution in [3.63, 3.8) is 0 Å². The zero-order valence-electron chi connectivity index (χ0n) is 11.4. The molecule has 0 atom stereocenters. The largest absolute Gasteiger partial charge is 0.497 e. The molecule has 0 saturated carbocycles. The SMILES string of the molecule is COc1cc(NCC(=O)N2CCCC2)cc(OC)c1. The van der Waals surface area contributed by atoms with Crippen LogP contribution in [-0.4, -0.2) is 44.7 Å². The fourth-order valence-electron chi connectivity index (χ4n) is 2.17. The molecule has 0 spiro atoms. The highest BCUT2D eigenvalue weighted by atomic mass is 16.5. The summed E-state index contributed by atoms with van der Waals surface area (Å²) in [6, 6.07) is 5.49. The molecule has 5 nitrogen and oxygen atoms in total. The summed E-state index contributed by atoms with van der Waals surface area (Å²) in [6.07, 6.45) is 2.22. The van der Waals surface area contributed by atoms with Gasteiger partial charge in [0.15, 0.2) is 0 Å². The van der Waals surface area contributed by atoms with Crippen LogP contribution in [-0.2, 0) is 4.79 Å². The highest BCUT2D eigenvalue weighted by molar-refractivity contribution is 5.81. The van der Waals surface area contributed by atoms with Crippen molar-refractivity contribution in [3.05, 3.63) is 18.2 Å². The minimum atomic E-state index is 0.138. The van der Waals surface area contributed by atoms with E-state index in [2.05, 4.69) is 5.32 Å². The Hall–Kier alpha value is -1.91. The molecule has 0 bridgehead atoms. The quantitative estimate of drug-likeness (QED) is 0.880. The van der Waals surface area contributed by atoms with Crippen molar-refractivity contribution in [2.24, 2.45) is 0 Å². The first-order valence-electron chi connectivity index (χ1n) is 6.47. The van der Waals surface area contributed by atoms with Crippen molar-refractivity contribution in [1.82, 2.24) is 4.90 Å². The molecule has 1 heterocycles. The van der Waals surface area contributed by atoms with E-state index in [0.717, 1.165) is 31.6 Å². The molecule has 0 radical (unpaired) electrons. The molecule has 1 fully saturated rings. The van der Waals surface area contributed by atoms with Crippen LogP contribution in [0.3, 0.4) is 0 Å². The number of rotatable bonds is 5. The third kappa shape index (κ3) is 3.53. The maximum atomic E-state index is 11.9. The third-order valence-corrected chi connectivity index (χ3v) is 3.25. The number of likely N-dealkylation sites (tertiary alicyclic amines) is 1. The highest BCUT2D eigenvalue weighted by Gasteiger charge is 2.17. The third-order valence-electron chi connectivity index (χ3n) is 3.25. The normalized spacial score (nSPS) is 14.3. The standard InChI is InChI=1S/C14H20N2O3/c1-18-12-7-11(8-13(9-12)19-2)15-10-14(17)16-5-3-4-6-16/h7-9,15H,3-6,10H2,1-2H3. The number of methoxy groups -OCH3 is 2. The molecule has 5 heteroatoms. The molecule has 1 saturated heterocycles. The van der Waals surface area contributed by atoms with Gasteiger partial charge in [-0.1, -0.05) is 0 Å². The predicted octanol–water partition coefficient (Wildman–Crippen LogP) is 1.74. The Balaban J connectivity index is 1.96. The van der Waals surface area contributed by atoms with Crippen molar-refractivity contribution in [2.75, 3.05) is 39.2 Å². The molecular formula is C14H20N2O3. The minimum absolute atomic E-state index is 0.138. The number of nitrogens with one attached hydrogen (secondary N) is 1.